The van der Waals surface area contributed by atoms with Crippen LogP contribution in [0.3, 0.4) is 0 Å². The van der Waals surface area contributed by atoms with Crippen LogP contribution in [0, 0.1) is 20.8 Å². The molecule has 0 aromatic heterocycles. The standard InChI is InChI=1S/C16H19N/c1-12-5-4-6-16(9-12)17-11-15-8-7-13(2)14(3)10-15/h4-10,17H,11H2,1-3H3. The highest BCUT2D eigenvalue weighted by atomic mass is 14.9. The average molecular weight is 225 g/mol. The number of benzene rings is 2. The molecule has 1 heteroatoms. The van der Waals surface area contributed by atoms with Crippen LogP contribution in [-0.2, 0) is 6.54 Å². The predicted octanol–water partition coefficient (Wildman–Crippen LogP) is 4.22. The maximum absolute atomic E-state index is 3.45. The number of aryl methyl sites for hydroxylation is 3. The molecule has 1 nitrogen and oxygen atoms in total. The maximum atomic E-state index is 3.45. The quantitative estimate of drug-likeness (QED) is 0.824. The van der Waals surface area contributed by atoms with Crippen LogP contribution in [0.1, 0.15) is 22.3 Å². The molecule has 0 fully saturated rings. The van der Waals surface area contributed by atoms with E-state index in [9.17, 15) is 0 Å². The van der Waals surface area contributed by atoms with Crippen molar-refractivity contribution >= 4 is 5.69 Å². The SMILES string of the molecule is Cc1cccc(NCc2ccc(C)c(C)c2)c1. The summed E-state index contributed by atoms with van der Waals surface area (Å²) in [6, 6.07) is 15.1. The summed E-state index contributed by atoms with van der Waals surface area (Å²) in [6.07, 6.45) is 0. The molecule has 0 saturated carbocycles. The van der Waals surface area contributed by atoms with Crippen molar-refractivity contribution in [1.29, 1.82) is 0 Å². The van der Waals surface area contributed by atoms with Gasteiger partial charge in [-0.1, -0.05) is 30.3 Å². The second kappa shape index (κ2) is 5.05. The second-order valence-electron chi connectivity index (χ2n) is 4.64. The summed E-state index contributed by atoms with van der Waals surface area (Å²) in [5.41, 5.74) is 6.51. The summed E-state index contributed by atoms with van der Waals surface area (Å²) in [4.78, 5) is 0. The van der Waals surface area contributed by atoms with Gasteiger partial charge in [0.15, 0.2) is 0 Å². The molecular weight excluding hydrogens is 206 g/mol. The maximum Gasteiger partial charge on any atom is 0.0400 e. The third-order valence-electron chi connectivity index (χ3n) is 3.09. The number of nitrogens with one attached hydrogen (secondary N) is 1. The van der Waals surface area contributed by atoms with Crippen molar-refractivity contribution in [1.82, 2.24) is 0 Å². The lowest BCUT2D eigenvalue weighted by molar-refractivity contribution is 1.13. The zero-order valence-electron chi connectivity index (χ0n) is 10.7. The van der Waals surface area contributed by atoms with Crippen LogP contribution < -0.4 is 5.32 Å². The molecular formula is C16H19N. The van der Waals surface area contributed by atoms with Gasteiger partial charge in [-0.05, 0) is 55.2 Å². The van der Waals surface area contributed by atoms with Crippen LogP contribution in [-0.4, -0.2) is 0 Å². The van der Waals surface area contributed by atoms with Crippen molar-refractivity contribution in [2.75, 3.05) is 5.32 Å². The molecule has 0 aliphatic heterocycles. The highest BCUT2D eigenvalue weighted by molar-refractivity contribution is 5.46. The molecule has 0 saturated heterocycles. The number of rotatable bonds is 3. The van der Waals surface area contributed by atoms with Crippen molar-refractivity contribution in [2.24, 2.45) is 0 Å². The molecule has 0 aliphatic carbocycles. The zero-order valence-corrected chi connectivity index (χ0v) is 10.7. The average Bonchev–Trinajstić information content (AvgIpc) is 2.31. The third-order valence-corrected chi connectivity index (χ3v) is 3.09. The minimum atomic E-state index is 0.880. The van der Waals surface area contributed by atoms with Gasteiger partial charge >= 0.3 is 0 Å². The molecule has 2 aromatic rings. The summed E-state index contributed by atoms with van der Waals surface area (Å²) >= 11 is 0. The van der Waals surface area contributed by atoms with Crippen molar-refractivity contribution in [3.63, 3.8) is 0 Å². The first-order chi connectivity index (χ1) is 8.15. The molecule has 0 radical (unpaired) electrons. The highest BCUT2D eigenvalue weighted by Gasteiger charge is 1.97. The Labute approximate surface area is 103 Å². The lowest BCUT2D eigenvalue weighted by Crippen LogP contribution is -2.00. The largest absolute Gasteiger partial charge is 0.381 e. The fourth-order valence-corrected chi connectivity index (χ4v) is 1.87. The van der Waals surface area contributed by atoms with E-state index in [2.05, 4.69) is 68.6 Å². The Kier molecular flexibility index (Phi) is 3.48. The summed E-state index contributed by atoms with van der Waals surface area (Å²) in [5, 5.41) is 3.45. The van der Waals surface area contributed by atoms with E-state index in [1.165, 1.54) is 27.9 Å². The minimum absolute atomic E-state index is 0.880. The first-order valence-electron chi connectivity index (χ1n) is 6.02. The minimum Gasteiger partial charge on any atom is -0.381 e. The van der Waals surface area contributed by atoms with E-state index in [0.717, 1.165) is 6.54 Å². The molecule has 0 aliphatic rings. The van der Waals surface area contributed by atoms with Gasteiger partial charge in [0.1, 0.15) is 0 Å². The summed E-state index contributed by atoms with van der Waals surface area (Å²) < 4.78 is 0. The fourth-order valence-electron chi connectivity index (χ4n) is 1.87. The number of hydrogen-bond donors (Lipinski definition) is 1. The second-order valence-corrected chi connectivity index (χ2v) is 4.64. The van der Waals surface area contributed by atoms with Gasteiger partial charge in [0.05, 0.1) is 0 Å². The summed E-state index contributed by atoms with van der Waals surface area (Å²) in [5.74, 6) is 0. The Morgan fingerprint density at radius 1 is 0.882 bits per heavy atom. The van der Waals surface area contributed by atoms with Crippen LogP contribution in [0.25, 0.3) is 0 Å². The highest BCUT2D eigenvalue weighted by Crippen LogP contribution is 2.13. The molecule has 17 heavy (non-hydrogen) atoms. The molecule has 2 rings (SSSR count). The summed E-state index contributed by atoms with van der Waals surface area (Å²) in [7, 11) is 0. The van der Waals surface area contributed by atoms with Gasteiger partial charge in [0, 0.05) is 12.2 Å². The monoisotopic (exact) mass is 225 g/mol. The number of hydrogen-bond acceptors (Lipinski definition) is 1. The Morgan fingerprint density at radius 2 is 1.71 bits per heavy atom. The normalized spacial score (nSPS) is 10.3. The fraction of sp³-hybridized carbons (Fsp3) is 0.250. The zero-order chi connectivity index (χ0) is 12.3. The van der Waals surface area contributed by atoms with Crippen molar-refractivity contribution in [3.05, 3.63) is 64.7 Å². The van der Waals surface area contributed by atoms with Gasteiger partial charge in [-0.15, -0.1) is 0 Å². The number of anilines is 1. The molecule has 0 heterocycles. The molecule has 2 aromatic carbocycles. The lowest BCUT2D eigenvalue weighted by atomic mass is 10.1. The molecule has 0 atom stereocenters. The molecule has 88 valence electrons. The van der Waals surface area contributed by atoms with Crippen LogP contribution in [0.4, 0.5) is 5.69 Å². The molecule has 0 bridgehead atoms. The van der Waals surface area contributed by atoms with E-state index >= 15 is 0 Å². The smallest absolute Gasteiger partial charge is 0.0400 e. The van der Waals surface area contributed by atoms with Gasteiger partial charge in [-0.25, -0.2) is 0 Å². The summed E-state index contributed by atoms with van der Waals surface area (Å²) in [6.45, 7) is 7.30. The topological polar surface area (TPSA) is 12.0 Å². The molecule has 1 N–H and O–H groups in total. The predicted molar refractivity (Wildman–Crippen MR) is 74.4 cm³/mol. The third kappa shape index (κ3) is 3.10. The Hall–Kier alpha value is -1.76. The Balaban J connectivity index is 2.05. The first kappa shape index (κ1) is 11.7. The van der Waals surface area contributed by atoms with E-state index in [4.69, 9.17) is 0 Å². The van der Waals surface area contributed by atoms with Gasteiger partial charge in [-0.2, -0.15) is 0 Å². The van der Waals surface area contributed by atoms with Crippen LogP contribution in [0.2, 0.25) is 0 Å². The first-order valence-corrected chi connectivity index (χ1v) is 6.02. The van der Waals surface area contributed by atoms with Crippen LogP contribution in [0.15, 0.2) is 42.5 Å². The van der Waals surface area contributed by atoms with Gasteiger partial charge in [0.2, 0.25) is 0 Å². The van der Waals surface area contributed by atoms with Gasteiger partial charge in [-0.3, -0.25) is 0 Å². The van der Waals surface area contributed by atoms with Crippen molar-refractivity contribution in [3.8, 4) is 0 Å². The molecule has 0 spiro atoms. The van der Waals surface area contributed by atoms with E-state index < -0.39 is 0 Å². The molecule has 0 amide bonds. The molecule has 0 unspecified atom stereocenters. The lowest BCUT2D eigenvalue weighted by Gasteiger charge is -2.09. The Bertz CT molecular complexity index is 515. The van der Waals surface area contributed by atoms with Crippen LogP contribution in [0.5, 0.6) is 0 Å². The van der Waals surface area contributed by atoms with Crippen molar-refractivity contribution in [2.45, 2.75) is 27.3 Å². The van der Waals surface area contributed by atoms with Gasteiger partial charge in [0.25, 0.3) is 0 Å². The van der Waals surface area contributed by atoms with Crippen LogP contribution >= 0.6 is 0 Å². The Morgan fingerprint density at radius 3 is 2.41 bits per heavy atom. The van der Waals surface area contributed by atoms with Gasteiger partial charge < -0.3 is 5.32 Å². The van der Waals surface area contributed by atoms with E-state index in [1.807, 2.05) is 0 Å². The van der Waals surface area contributed by atoms with E-state index in [0.29, 0.717) is 0 Å². The van der Waals surface area contributed by atoms with E-state index in [1.54, 1.807) is 0 Å². The van der Waals surface area contributed by atoms with E-state index in [-0.39, 0.29) is 0 Å². The van der Waals surface area contributed by atoms with Crippen molar-refractivity contribution < 1.29 is 0 Å².